The van der Waals surface area contributed by atoms with Gasteiger partial charge in [-0.05, 0) is 30.9 Å². The molecule has 0 radical (unpaired) electrons. The first-order valence-corrected chi connectivity index (χ1v) is 7.05. The van der Waals surface area contributed by atoms with Gasteiger partial charge in [0.25, 0.3) is 5.91 Å². The SMILES string of the molecule is CC1CCCN(/C=C(/C#N)C(=O)Nc2cccc(O)c2)C1. The highest BCUT2D eigenvalue weighted by atomic mass is 16.3. The van der Waals surface area contributed by atoms with E-state index < -0.39 is 5.91 Å². The Hall–Kier alpha value is -2.48. The highest BCUT2D eigenvalue weighted by Gasteiger charge is 2.17. The fraction of sp³-hybridized carbons (Fsp3) is 0.375. The van der Waals surface area contributed by atoms with Crippen LogP contribution >= 0.6 is 0 Å². The third kappa shape index (κ3) is 4.25. The van der Waals surface area contributed by atoms with E-state index in [1.54, 1.807) is 18.3 Å². The maximum Gasteiger partial charge on any atom is 0.267 e. The summed E-state index contributed by atoms with van der Waals surface area (Å²) in [5.74, 6) is 0.186. The lowest BCUT2D eigenvalue weighted by molar-refractivity contribution is -0.112. The summed E-state index contributed by atoms with van der Waals surface area (Å²) < 4.78 is 0. The zero-order valence-corrected chi connectivity index (χ0v) is 12.0. The van der Waals surface area contributed by atoms with Crippen LogP contribution in [0, 0.1) is 17.2 Å². The van der Waals surface area contributed by atoms with Crippen molar-refractivity contribution in [1.82, 2.24) is 4.90 Å². The number of likely N-dealkylation sites (tertiary alicyclic amines) is 1. The Balaban J connectivity index is 2.06. The fourth-order valence-corrected chi connectivity index (χ4v) is 2.45. The standard InChI is InChI=1S/C16H19N3O2/c1-12-4-3-7-19(10-12)11-13(9-17)16(21)18-14-5-2-6-15(20)8-14/h2,5-6,8,11-12,20H,3-4,7,10H2,1H3,(H,18,21)/b13-11-. The topological polar surface area (TPSA) is 76.4 Å². The Labute approximate surface area is 124 Å². The third-order valence-corrected chi connectivity index (χ3v) is 3.47. The van der Waals surface area contributed by atoms with Crippen molar-refractivity contribution < 1.29 is 9.90 Å². The van der Waals surface area contributed by atoms with Crippen LogP contribution in [0.2, 0.25) is 0 Å². The van der Waals surface area contributed by atoms with E-state index in [-0.39, 0.29) is 11.3 Å². The quantitative estimate of drug-likeness (QED) is 0.660. The predicted molar refractivity (Wildman–Crippen MR) is 80.4 cm³/mol. The second-order valence-corrected chi connectivity index (χ2v) is 5.40. The van der Waals surface area contributed by atoms with Crippen molar-refractivity contribution in [2.45, 2.75) is 19.8 Å². The maximum atomic E-state index is 12.1. The van der Waals surface area contributed by atoms with Gasteiger partial charge in [-0.25, -0.2) is 0 Å². The number of carbonyl (C=O) groups is 1. The minimum atomic E-state index is -0.457. The van der Waals surface area contributed by atoms with Crippen molar-refractivity contribution in [3.05, 3.63) is 36.0 Å². The van der Waals surface area contributed by atoms with E-state index in [4.69, 9.17) is 0 Å². The van der Waals surface area contributed by atoms with Gasteiger partial charge in [0.15, 0.2) is 0 Å². The number of phenolic OH excluding ortho intramolecular Hbond substituents is 1. The predicted octanol–water partition coefficient (Wildman–Crippen LogP) is 2.47. The summed E-state index contributed by atoms with van der Waals surface area (Å²) in [6.07, 6.45) is 3.89. The lowest BCUT2D eigenvalue weighted by Crippen LogP contribution is -2.31. The minimum absolute atomic E-state index is 0.0696. The van der Waals surface area contributed by atoms with Crippen LogP contribution in [0.1, 0.15) is 19.8 Å². The highest BCUT2D eigenvalue weighted by molar-refractivity contribution is 6.06. The molecule has 1 aromatic carbocycles. The van der Waals surface area contributed by atoms with E-state index in [1.165, 1.54) is 18.6 Å². The van der Waals surface area contributed by atoms with Gasteiger partial charge in [0.2, 0.25) is 0 Å². The number of hydrogen-bond donors (Lipinski definition) is 2. The first-order valence-electron chi connectivity index (χ1n) is 7.05. The number of aromatic hydroxyl groups is 1. The molecule has 1 fully saturated rings. The van der Waals surface area contributed by atoms with Gasteiger partial charge < -0.3 is 15.3 Å². The number of benzene rings is 1. The molecule has 0 aromatic heterocycles. The van der Waals surface area contributed by atoms with Crippen LogP contribution in [-0.4, -0.2) is 29.0 Å². The van der Waals surface area contributed by atoms with Crippen LogP contribution < -0.4 is 5.32 Å². The van der Waals surface area contributed by atoms with E-state index in [0.29, 0.717) is 11.6 Å². The number of hydrogen-bond acceptors (Lipinski definition) is 4. The van der Waals surface area contributed by atoms with Gasteiger partial charge >= 0.3 is 0 Å². The van der Waals surface area contributed by atoms with Gasteiger partial charge in [-0.1, -0.05) is 13.0 Å². The zero-order chi connectivity index (χ0) is 15.2. The Bertz CT molecular complexity index is 589. The smallest absolute Gasteiger partial charge is 0.267 e. The van der Waals surface area contributed by atoms with E-state index in [1.807, 2.05) is 11.0 Å². The zero-order valence-electron chi connectivity index (χ0n) is 12.0. The second-order valence-electron chi connectivity index (χ2n) is 5.40. The van der Waals surface area contributed by atoms with Crippen LogP contribution in [-0.2, 0) is 4.79 Å². The number of nitrogens with one attached hydrogen (secondary N) is 1. The third-order valence-electron chi connectivity index (χ3n) is 3.47. The lowest BCUT2D eigenvalue weighted by atomic mass is 10.0. The molecule has 0 saturated carbocycles. The Morgan fingerprint density at radius 3 is 3.05 bits per heavy atom. The average Bonchev–Trinajstić information content (AvgIpc) is 2.44. The fourth-order valence-electron chi connectivity index (χ4n) is 2.45. The summed E-state index contributed by atoms with van der Waals surface area (Å²) in [5.41, 5.74) is 0.542. The molecule has 1 saturated heterocycles. The minimum Gasteiger partial charge on any atom is -0.508 e. The van der Waals surface area contributed by atoms with Crippen LogP contribution in [0.25, 0.3) is 0 Å². The number of anilines is 1. The number of nitrogens with zero attached hydrogens (tertiary/aromatic N) is 2. The summed E-state index contributed by atoms with van der Waals surface area (Å²) in [7, 11) is 0. The summed E-state index contributed by atoms with van der Waals surface area (Å²) in [5, 5.41) is 21.2. The highest BCUT2D eigenvalue weighted by Crippen LogP contribution is 2.18. The van der Waals surface area contributed by atoms with Gasteiger partial charge in [0.1, 0.15) is 17.4 Å². The van der Waals surface area contributed by atoms with Crippen LogP contribution in [0.5, 0.6) is 5.75 Å². The molecule has 2 rings (SSSR count). The molecule has 5 heteroatoms. The molecule has 1 atom stereocenters. The number of nitriles is 1. The lowest BCUT2D eigenvalue weighted by Gasteiger charge is -2.29. The molecular formula is C16H19N3O2. The van der Waals surface area contributed by atoms with Crippen molar-refractivity contribution >= 4 is 11.6 Å². The van der Waals surface area contributed by atoms with Crippen LogP contribution in [0.15, 0.2) is 36.0 Å². The Morgan fingerprint density at radius 2 is 2.38 bits per heavy atom. The molecule has 0 spiro atoms. The molecule has 1 aromatic rings. The molecular weight excluding hydrogens is 266 g/mol. The number of rotatable bonds is 3. The first kappa shape index (κ1) is 14.9. The summed E-state index contributed by atoms with van der Waals surface area (Å²) in [4.78, 5) is 14.1. The van der Waals surface area contributed by atoms with Crippen molar-refractivity contribution in [2.75, 3.05) is 18.4 Å². The molecule has 1 heterocycles. The molecule has 5 nitrogen and oxygen atoms in total. The molecule has 0 bridgehead atoms. The molecule has 110 valence electrons. The molecule has 1 aliphatic heterocycles. The van der Waals surface area contributed by atoms with Crippen LogP contribution in [0.3, 0.4) is 0 Å². The van der Waals surface area contributed by atoms with Crippen LogP contribution in [0.4, 0.5) is 5.69 Å². The van der Waals surface area contributed by atoms with Gasteiger partial charge in [-0.15, -0.1) is 0 Å². The summed E-state index contributed by atoms with van der Waals surface area (Å²) in [6, 6.07) is 8.20. The van der Waals surface area contributed by atoms with Crippen molar-refractivity contribution in [1.29, 1.82) is 5.26 Å². The Kier molecular flexibility index (Phi) is 4.83. The number of amides is 1. The molecule has 1 amide bonds. The molecule has 2 N–H and O–H groups in total. The molecule has 1 unspecified atom stereocenters. The van der Waals surface area contributed by atoms with Crippen molar-refractivity contribution in [3.8, 4) is 11.8 Å². The van der Waals surface area contributed by atoms with Crippen molar-refractivity contribution in [2.24, 2.45) is 5.92 Å². The number of phenols is 1. The van der Waals surface area contributed by atoms with E-state index in [2.05, 4.69) is 12.2 Å². The molecule has 1 aliphatic rings. The van der Waals surface area contributed by atoms with Gasteiger partial charge in [0, 0.05) is 31.0 Å². The molecule has 21 heavy (non-hydrogen) atoms. The second kappa shape index (κ2) is 6.80. The summed E-state index contributed by atoms with van der Waals surface area (Å²) in [6.45, 7) is 3.90. The normalized spacial score (nSPS) is 19.0. The molecule has 0 aliphatic carbocycles. The first-order chi connectivity index (χ1) is 10.1. The average molecular weight is 285 g/mol. The van der Waals surface area contributed by atoms with E-state index in [0.717, 1.165) is 19.5 Å². The maximum absolute atomic E-state index is 12.1. The van der Waals surface area contributed by atoms with Crippen molar-refractivity contribution in [3.63, 3.8) is 0 Å². The van der Waals surface area contributed by atoms with Gasteiger partial charge in [-0.2, -0.15) is 5.26 Å². The number of piperidine rings is 1. The van der Waals surface area contributed by atoms with E-state index >= 15 is 0 Å². The number of carbonyl (C=O) groups excluding carboxylic acids is 1. The summed E-state index contributed by atoms with van der Waals surface area (Å²) >= 11 is 0. The Morgan fingerprint density at radius 1 is 1.57 bits per heavy atom. The van der Waals surface area contributed by atoms with E-state index in [9.17, 15) is 15.2 Å². The monoisotopic (exact) mass is 285 g/mol. The van der Waals surface area contributed by atoms with Gasteiger partial charge in [0.05, 0.1) is 0 Å². The van der Waals surface area contributed by atoms with Gasteiger partial charge in [-0.3, -0.25) is 4.79 Å². The largest absolute Gasteiger partial charge is 0.508 e.